The fourth-order valence-corrected chi connectivity index (χ4v) is 0.611. The summed E-state index contributed by atoms with van der Waals surface area (Å²) < 4.78 is -1.66. The highest BCUT2D eigenvalue weighted by molar-refractivity contribution is 6.70. The highest BCUT2D eigenvalue weighted by Crippen LogP contribution is 2.32. The standard InChI is InChI=1S/C5H7Cl4NO/c1-2-3(11)10-4(6)5(7,8)9/h4H,2H2,1H3,(H,10,11). The Bertz CT molecular complexity index is 144. The van der Waals surface area contributed by atoms with E-state index in [1.54, 1.807) is 6.92 Å². The molecule has 1 unspecified atom stereocenters. The molecule has 2 nitrogen and oxygen atoms in total. The van der Waals surface area contributed by atoms with Gasteiger partial charge in [-0.25, -0.2) is 0 Å². The van der Waals surface area contributed by atoms with Crippen molar-refractivity contribution in [3.05, 3.63) is 0 Å². The highest BCUT2D eigenvalue weighted by Gasteiger charge is 2.31. The maximum atomic E-state index is 10.7. The number of alkyl halides is 4. The van der Waals surface area contributed by atoms with Gasteiger partial charge in [0.15, 0.2) is 5.50 Å². The minimum Gasteiger partial charge on any atom is -0.336 e. The Balaban J connectivity index is 3.87. The molecule has 1 atom stereocenters. The summed E-state index contributed by atoms with van der Waals surface area (Å²) in [5.74, 6) is -0.253. The molecule has 0 aliphatic rings. The minimum atomic E-state index is -1.66. The Labute approximate surface area is 85.1 Å². The summed E-state index contributed by atoms with van der Waals surface area (Å²) in [5, 5.41) is 2.30. The first kappa shape index (κ1) is 11.6. The number of halogens is 4. The van der Waals surface area contributed by atoms with Gasteiger partial charge < -0.3 is 5.32 Å². The van der Waals surface area contributed by atoms with Crippen LogP contribution in [0.1, 0.15) is 13.3 Å². The highest BCUT2D eigenvalue weighted by atomic mass is 35.6. The van der Waals surface area contributed by atoms with Crippen LogP contribution >= 0.6 is 46.4 Å². The number of amides is 1. The van der Waals surface area contributed by atoms with Gasteiger partial charge in [-0.05, 0) is 0 Å². The van der Waals surface area contributed by atoms with E-state index in [2.05, 4.69) is 5.32 Å². The van der Waals surface area contributed by atoms with E-state index in [0.29, 0.717) is 6.42 Å². The molecule has 0 saturated carbocycles. The number of carbonyl (C=O) groups is 1. The molecule has 0 saturated heterocycles. The third kappa shape index (κ3) is 4.96. The second-order valence-electron chi connectivity index (χ2n) is 1.83. The van der Waals surface area contributed by atoms with E-state index in [1.807, 2.05) is 0 Å². The zero-order valence-corrected chi connectivity index (χ0v) is 8.73. The summed E-state index contributed by atoms with van der Waals surface area (Å²) in [7, 11) is 0. The lowest BCUT2D eigenvalue weighted by Crippen LogP contribution is -2.39. The average Bonchev–Trinajstić information content (AvgIpc) is 1.85. The zero-order chi connectivity index (χ0) is 9.07. The molecule has 0 rings (SSSR count). The summed E-state index contributed by atoms with van der Waals surface area (Å²) in [4.78, 5) is 10.7. The van der Waals surface area contributed by atoms with Crippen LogP contribution in [0.25, 0.3) is 0 Å². The SMILES string of the molecule is CCC(=O)NC(Cl)C(Cl)(Cl)Cl. The molecule has 1 amide bonds. The van der Waals surface area contributed by atoms with E-state index >= 15 is 0 Å². The Hall–Kier alpha value is 0.630. The van der Waals surface area contributed by atoms with Gasteiger partial charge in [-0.15, -0.1) is 0 Å². The van der Waals surface area contributed by atoms with Crippen molar-refractivity contribution in [3.8, 4) is 0 Å². The Kier molecular flexibility index (Phi) is 4.87. The molecule has 0 fully saturated rings. The van der Waals surface area contributed by atoms with Crippen LogP contribution in [0.15, 0.2) is 0 Å². The normalized spacial score (nSPS) is 14.3. The van der Waals surface area contributed by atoms with E-state index < -0.39 is 9.29 Å². The van der Waals surface area contributed by atoms with E-state index in [0.717, 1.165) is 0 Å². The lowest BCUT2D eigenvalue weighted by molar-refractivity contribution is -0.120. The van der Waals surface area contributed by atoms with Gasteiger partial charge in [0, 0.05) is 6.42 Å². The first-order valence-electron chi connectivity index (χ1n) is 2.88. The van der Waals surface area contributed by atoms with Crippen molar-refractivity contribution in [1.82, 2.24) is 5.32 Å². The molecule has 1 N–H and O–H groups in total. The summed E-state index contributed by atoms with van der Waals surface area (Å²) >= 11 is 21.6. The van der Waals surface area contributed by atoms with Crippen molar-refractivity contribution in [2.24, 2.45) is 0 Å². The van der Waals surface area contributed by atoms with E-state index in [9.17, 15) is 4.79 Å². The van der Waals surface area contributed by atoms with Crippen LogP contribution in [0, 0.1) is 0 Å². The smallest absolute Gasteiger partial charge is 0.224 e. The van der Waals surface area contributed by atoms with Crippen LogP contribution in [-0.2, 0) is 4.79 Å². The van der Waals surface area contributed by atoms with Crippen LogP contribution in [0.3, 0.4) is 0 Å². The third-order valence-corrected chi connectivity index (χ3v) is 2.32. The van der Waals surface area contributed by atoms with Crippen molar-refractivity contribution >= 4 is 52.3 Å². The van der Waals surface area contributed by atoms with Gasteiger partial charge in [0.2, 0.25) is 9.70 Å². The van der Waals surface area contributed by atoms with Crippen LogP contribution in [0.5, 0.6) is 0 Å². The molecular formula is C5H7Cl4NO. The maximum absolute atomic E-state index is 10.7. The van der Waals surface area contributed by atoms with Gasteiger partial charge in [-0.1, -0.05) is 53.3 Å². The topological polar surface area (TPSA) is 29.1 Å². The Morgan fingerprint density at radius 3 is 2.27 bits per heavy atom. The molecule has 0 radical (unpaired) electrons. The quantitative estimate of drug-likeness (QED) is 0.581. The van der Waals surface area contributed by atoms with Crippen molar-refractivity contribution in [2.75, 3.05) is 0 Å². The third-order valence-electron chi connectivity index (χ3n) is 0.896. The van der Waals surface area contributed by atoms with Crippen molar-refractivity contribution in [2.45, 2.75) is 22.6 Å². The summed E-state index contributed by atoms with van der Waals surface area (Å²) in [6, 6.07) is 0. The van der Waals surface area contributed by atoms with Crippen molar-refractivity contribution in [3.63, 3.8) is 0 Å². The molecule has 0 heterocycles. The lowest BCUT2D eigenvalue weighted by Gasteiger charge is -2.18. The molecule has 6 heteroatoms. The molecule has 0 aliphatic carbocycles. The van der Waals surface area contributed by atoms with Gasteiger partial charge in [0.05, 0.1) is 0 Å². The van der Waals surface area contributed by atoms with Gasteiger partial charge in [-0.2, -0.15) is 0 Å². The molecule has 66 valence electrons. The van der Waals surface area contributed by atoms with Crippen molar-refractivity contribution in [1.29, 1.82) is 0 Å². The first-order chi connectivity index (χ1) is 4.88. The van der Waals surface area contributed by atoms with E-state index in [1.165, 1.54) is 0 Å². The molecule has 0 aromatic carbocycles. The molecule has 0 aromatic rings. The Morgan fingerprint density at radius 1 is 1.55 bits per heavy atom. The molecule has 0 bridgehead atoms. The van der Waals surface area contributed by atoms with E-state index in [4.69, 9.17) is 46.4 Å². The summed E-state index contributed by atoms with van der Waals surface area (Å²) in [5.41, 5.74) is -0.986. The number of carbonyl (C=O) groups excluding carboxylic acids is 1. The van der Waals surface area contributed by atoms with E-state index in [-0.39, 0.29) is 5.91 Å². The van der Waals surface area contributed by atoms with Crippen LogP contribution in [-0.4, -0.2) is 15.2 Å². The monoisotopic (exact) mass is 237 g/mol. The minimum absolute atomic E-state index is 0.253. The average molecular weight is 239 g/mol. The number of rotatable bonds is 2. The van der Waals surface area contributed by atoms with Crippen LogP contribution in [0.4, 0.5) is 0 Å². The fourth-order valence-electron chi connectivity index (χ4n) is 0.325. The van der Waals surface area contributed by atoms with Gasteiger partial charge in [0.1, 0.15) is 0 Å². The predicted molar refractivity (Wildman–Crippen MR) is 48.4 cm³/mol. The first-order valence-corrected chi connectivity index (χ1v) is 4.45. The lowest BCUT2D eigenvalue weighted by atomic mass is 10.4. The van der Waals surface area contributed by atoms with Gasteiger partial charge in [-0.3, -0.25) is 4.79 Å². The largest absolute Gasteiger partial charge is 0.336 e. The molecule has 11 heavy (non-hydrogen) atoms. The van der Waals surface area contributed by atoms with Gasteiger partial charge in [0.25, 0.3) is 0 Å². The maximum Gasteiger partial charge on any atom is 0.224 e. The number of hydrogen-bond donors (Lipinski definition) is 1. The predicted octanol–water partition coefficient (Wildman–Crippen LogP) is 2.45. The molecular weight excluding hydrogens is 232 g/mol. The summed E-state index contributed by atoms with van der Waals surface area (Å²) in [6.07, 6.45) is 0.309. The summed E-state index contributed by atoms with van der Waals surface area (Å²) in [6.45, 7) is 1.68. The molecule has 0 aromatic heterocycles. The fraction of sp³-hybridized carbons (Fsp3) is 0.800. The molecule has 0 spiro atoms. The second-order valence-corrected chi connectivity index (χ2v) is 4.63. The Morgan fingerprint density at radius 2 is 2.00 bits per heavy atom. The van der Waals surface area contributed by atoms with Crippen molar-refractivity contribution < 1.29 is 4.79 Å². The van der Waals surface area contributed by atoms with Crippen LogP contribution in [0.2, 0.25) is 0 Å². The zero-order valence-electron chi connectivity index (χ0n) is 5.70. The van der Waals surface area contributed by atoms with Gasteiger partial charge >= 0.3 is 0 Å². The van der Waals surface area contributed by atoms with Crippen LogP contribution < -0.4 is 5.32 Å². The number of nitrogens with one attached hydrogen (secondary N) is 1. The molecule has 0 aliphatic heterocycles. The number of hydrogen-bond acceptors (Lipinski definition) is 1. The second kappa shape index (κ2) is 4.61.